The molecule has 1 heterocycles. The first kappa shape index (κ1) is 15.9. The molecule has 1 aromatic carbocycles. The number of carbonyl (C=O) groups excluding carboxylic acids is 1. The SMILES string of the molecule is CC(=O)c1ccc(O[C@@H]2O[C@H](CO)[C@@H](O)[C@H](O)[C@H]2O)cc1. The van der Waals surface area contributed by atoms with E-state index in [1.165, 1.54) is 19.1 Å². The molecule has 0 aliphatic carbocycles. The van der Waals surface area contributed by atoms with Gasteiger partial charge < -0.3 is 29.9 Å². The molecule has 1 aromatic rings. The maximum Gasteiger partial charge on any atom is 0.229 e. The topological polar surface area (TPSA) is 116 Å². The molecule has 0 spiro atoms. The fourth-order valence-corrected chi connectivity index (χ4v) is 2.07. The second-order valence-corrected chi connectivity index (χ2v) is 4.90. The highest BCUT2D eigenvalue weighted by molar-refractivity contribution is 5.94. The quantitative estimate of drug-likeness (QED) is 0.530. The van der Waals surface area contributed by atoms with Crippen LogP contribution in [-0.2, 0) is 4.74 Å². The molecule has 116 valence electrons. The Hall–Kier alpha value is -1.51. The summed E-state index contributed by atoms with van der Waals surface area (Å²) >= 11 is 0. The van der Waals surface area contributed by atoms with Crippen LogP contribution in [0, 0.1) is 0 Å². The number of aliphatic hydroxyl groups is 4. The molecule has 1 aliphatic heterocycles. The summed E-state index contributed by atoms with van der Waals surface area (Å²) in [5.41, 5.74) is 0.510. The molecule has 21 heavy (non-hydrogen) atoms. The van der Waals surface area contributed by atoms with E-state index in [0.29, 0.717) is 11.3 Å². The van der Waals surface area contributed by atoms with E-state index in [9.17, 15) is 20.1 Å². The minimum atomic E-state index is -1.49. The fourth-order valence-electron chi connectivity index (χ4n) is 2.07. The summed E-state index contributed by atoms with van der Waals surface area (Å²) in [4.78, 5) is 11.2. The summed E-state index contributed by atoms with van der Waals surface area (Å²) in [6.45, 7) is 0.918. The smallest absolute Gasteiger partial charge is 0.229 e. The zero-order valence-electron chi connectivity index (χ0n) is 11.4. The largest absolute Gasteiger partial charge is 0.462 e. The third-order valence-corrected chi connectivity index (χ3v) is 3.36. The Bertz CT molecular complexity index is 485. The van der Waals surface area contributed by atoms with Gasteiger partial charge in [-0.2, -0.15) is 0 Å². The zero-order valence-corrected chi connectivity index (χ0v) is 11.4. The van der Waals surface area contributed by atoms with E-state index in [2.05, 4.69) is 0 Å². The van der Waals surface area contributed by atoms with Gasteiger partial charge in [0.1, 0.15) is 30.2 Å². The normalized spacial score (nSPS) is 32.7. The van der Waals surface area contributed by atoms with Crippen molar-refractivity contribution in [1.29, 1.82) is 0 Å². The van der Waals surface area contributed by atoms with Crippen molar-refractivity contribution in [1.82, 2.24) is 0 Å². The number of Topliss-reactive ketones (excluding diaryl/α,β-unsaturated/α-hetero) is 1. The molecule has 2 rings (SSSR count). The number of benzene rings is 1. The molecule has 7 nitrogen and oxygen atoms in total. The van der Waals surface area contributed by atoms with Gasteiger partial charge in [-0.25, -0.2) is 0 Å². The Morgan fingerprint density at radius 3 is 2.29 bits per heavy atom. The molecule has 1 fully saturated rings. The highest BCUT2D eigenvalue weighted by Gasteiger charge is 2.44. The molecule has 0 bridgehead atoms. The van der Waals surface area contributed by atoms with Gasteiger partial charge in [0.05, 0.1) is 6.61 Å². The molecule has 7 heteroatoms. The monoisotopic (exact) mass is 298 g/mol. The highest BCUT2D eigenvalue weighted by atomic mass is 16.7. The molecular weight excluding hydrogens is 280 g/mol. The van der Waals surface area contributed by atoms with E-state index in [1.807, 2.05) is 0 Å². The number of rotatable bonds is 4. The van der Waals surface area contributed by atoms with Gasteiger partial charge in [0.2, 0.25) is 6.29 Å². The molecule has 0 amide bonds. The van der Waals surface area contributed by atoms with Crippen molar-refractivity contribution >= 4 is 5.78 Å². The van der Waals surface area contributed by atoms with Crippen LogP contribution in [0.5, 0.6) is 5.75 Å². The Morgan fingerprint density at radius 2 is 1.76 bits per heavy atom. The van der Waals surface area contributed by atoms with Crippen molar-refractivity contribution in [3.05, 3.63) is 29.8 Å². The number of ether oxygens (including phenoxy) is 2. The van der Waals surface area contributed by atoms with Gasteiger partial charge in [-0.05, 0) is 31.2 Å². The van der Waals surface area contributed by atoms with Crippen LogP contribution >= 0.6 is 0 Å². The van der Waals surface area contributed by atoms with Crippen molar-refractivity contribution in [2.45, 2.75) is 37.6 Å². The number of carbonyl (C=O) groups is 1. The van der Waals surface area contributed by atoms with Crippen LogP contribution in [0.3, 0.4) is 0 Å². The molecule has 0 saturated carbocycles. The van der Waals surface area contributed by atoms with E-state index in [1.54, 1.807) is 12.1 Å². The average Bonchev–Trinajstić information content (AvgIpc) is 2.48. The second kappa shape index (κ2) is 6.50. The first-order valence-corrected chi connectivity index (χ1v) is 6.52. The lowest BCUT2D eigenvalue weighted by molar-refractivity contribution is -0.277. The van der Waals surface area contributed by atoms with Gasteiger partial charge in [0, 0.05) is 5.56 Å². The third kappa shape index (κ3) is 3.39. The average molecular weight is 298 g/mol. The number of ketones is 1. The minimum absolute atomic E-state index is 0.0885. The maximum absolute atomic E-state index is 11.2. The number of aliphatic hydroxyl groups excluding tert-OH is 4. The summed E-state index contributed by atoms with van der Waals surface area (Å²) < 4.78 is 10.6. The third-order valence-electron chi connectivity index (χ3n) is 3.36. The summed E-state index contributed by atoms with van der Waals surface area (Å²) in [5.74, 6) is 0.235. The van der Waals surface area contributed by atoms with Crippen LogP contribution in [0.1, 0.15) is 17.3 Å². The van der Waals surface area contributed by atoms with E-state index >= 15 is 0 Å². The molecule has 1 saturated heterocycles. The van der Waals surface area contributed by atoms with Crippen LogP contribution in [0.2, 0.25) is 0 Å². The van der Waals surface area contributed by atoms with Crippen LogP contribution in [0.4, 0.5) is 0 Å². The van der Waals surface area contributed by atoms with Gasteiger partial charge >= 0.3 is 0 Å². The minimum Gasteiger partial charge on any atom is -0.462 e. The van der Waals surface area contributed by atoms with Crippen LogP contribution in [-0.4, -0.2) is 63.5 Å². The molecule has 5 atom stereocenters. The predicted molar refractivity (Wildman–Crippen MR) is 70.8 cm³/mol. The maximum atomic E-state index is 11.2. The fraction of sp³-hybridized carbons (Fsp3) is 0.500. The predicted octanol–water partition coefficient (Wildman–Crippen LogP) is -0.932. The number of hydrogen-bond acceptors (Lipinski definition) is 7. The molecular formula is C14H18O7. The molecule has 0 aromatic heterocycles. The Balaban J connectivity index is 2.08. The molecule has 0 radical (unpaired) electrons. The lowest BCUT2D eigenvalue weighted by Gasteiger charge is -2.39. The van der Waals surface area contributed by atoms with Crippen molar-refractivity contribution in [2.24, 2.45) is 0 Å². The molecule has 1 aliphatic rings. The van der Waals surface area contributed by atoms with Crippen LogP contribution in [0.15, 0.2) is 24.3 Å². The van der Waals surface area contributed by atoms with Gasteiger partial charge in [-0.1, -0.05) is 0 Å². The van der Waals surface area contributed by atoms with E-state index in [-0.39, 0.29) is 5.78 Å². The molecule has 0 unspecified atom stereocenters. The van der Waals surface area contributed by atoms with E-state index < -0.39 is 37.3 Å². The van der Waals surface area contributed by atoms with Crippen molar-refractivity contribution in [3.63, 3.8) is 0 Å². The van der Waals surface area contributed by atoms with Crippen LogP contribution < -0.4 is 4.74 Å². The lowest BCUT2D eigenvalue weighted by atomic mass is 9.99. The van der Waals surface area contributed by atoms with Gasteiger partial charge in [-0.15, -0.1) is 0 Å². The van der Waals surface area contributed by atoms with E-state index in [4.69, 9.17) is 14.6 Å². The zero-order chi connectivity index (χ0) is 15.6. The lowest BCUT2D eigenvalue weighted by Crippen LogP contribution is -2.60. The van der Waals surface area contributed by atoms with Gasteiger partial charge in [0.25, 0.3) is 0 Å². The second-order valence-electron chi connectivity index (χ2n) is 4.90. The van der Waals surface area contributed by atoms with E-state index in [0.717, 1.165) is 0 Å². The first-order valence-electron chi connectivity index (χ1n) is 6.52. The van der Waals surface area contributed by atoms with Crippen LogP contribution in [0.25, 0.3) is 0 Å². The first-order chi connectivity index (χ1) is 9.93. The Morgan fingerprint density at radius 1 is 1.14 bits per heavy atom. The summed E-state index contributed by atoms with van der Waals surface area (Å²) in [6.07, 6.45) is -6.63. The Labute approximate surface area is 121 Å². The summed E-state index contributed by atoms with van der Waals surface area (Å²) in [6, 6.07) is 6.17. The summed E-state index contributed by atoms with van der Waals surface area (Å²) in [5, 5.41) is 38.2. The van der Waals surface area contributed by atoms with Gasteiger partial charge in [0.15, 0.2) is 5.78 Å². The molecule has 4 N–H and O–H groups in total. The highest BCUT2D eigenvalue weighted by Crippen LogP contribution is 2.24. The van der Waals surface area contributed by atoms with Crippen molar-refractivity contribution < 1.29 is 34.7 Å². The Kier molecular flexibility index (Phi) is 4.92. The van der Waals surface area contributed by atoms with Gasteiger partial charge in [-0.3, -0.25) is 4.79 Å². The summed E-state index contributed by atoms with van der Waals surface area (Å²) in [7, 11) is 0. The van der Waals surface area contributed by atoms with Crippen molar-refractivity contribution in [2.75, 3.05) is 6.61 Å². The number of hydrogen-bond donors (Lipinski definition) is 4. The van der Waals surface area contributed by atoms with Crippen molar-refractivity contribution in [3.8, 4) is 5.75 Å². The standard InChI is InChI=1S/C14H18O7/c1-7(16)8-2-4-9(5-3-8)20-14-13(19)12(18)11(17)10(6-15)21-14/h2-5,10-15,17-19H,6H2,1H3/t10-,11-,12+,13-,14-/m1/s1.